The minimum atomic E-state index is -3.70. The molecule has 160 valence electrons. The summed E-state index contributed by atoms with van der Waals surface area (Å²) in [6.07, 6.45) is 0.868. The van der Waals surface area contributed by atoms with Gasteiger partial charge in [0, 0.05) is 22.3 Å². The Kier molecular flexibility index (Phi) is 7.81. The minimum Gasteiger partial charge on any atom is -0.305 e. The van der Waals surface area contributed by atoms with E-state index in [9.17, 15) is 8.42 Å². The average Bonchev–Trinajstić information content (AvgIpc) is 3.12. The number of benzene rings is 2. The molecule has 0 radical (unpaired) electrons. The van der Waals surface area contributed by atoms with Crippen molar-refractivity contribution in [2.75, 3.05) is 5.75 Å². The number of hydrogen-bond donors (Lipinski definition) is 1. The molecule has 0 saturated heterocycles. The lowest BCUT2D eigenvalue weighted by molar-refractivity contribution is 0.539. The number of rotatable bonds is 9. The smallest absolute Gasteiger partial charge is 0.241 e. The quantitative estimate of drug-likeness (QED) is 0.433. The molecule has 0 bridgehead atoms. The Balaban J connectivity index is 1.67. The van der Waals surface area contributed by atoms with Gasteiger partial charge in [0.1, 0.15) is 0 Å². The molecule has 0 spiro atoms. The first-order valence-electron chi connectivity index (χ1n) is 9.38. The zero-order valence-corrected chi connectivity index (χ0v) is 19.7. The van der Waals surface area contributed by atoms with E-state index >= 15 is 0 Å². The Morgan fingerprint density at radius 2 is 1.63 bits per heavy atom. The molecule has 3 aromatic rings. The molecule has 2 aromatic carbocycles. The predicted molar refractivity (Wildman–Crippen MR) is 122 cm³/mol. The predicted octanol–water partition coefficient (Wildman–Crippen LogP) is 4.98. The fraction of sp³-hybridized carbons (Fsp3) is 0.300. The van der Waals surface area contributed by atoms with Gasteiger partial charge in [-0.3, -0.25) is 0 Å². The van der Waals surface area contributed by atoms with Crippen LogP contribution in [0.15, 0.2) is 58.6 Å². The van der Waals surface area contributed by atoms with Crippen LogP contribution in [0.3, 0.4) is 0 Å². The van der Waals surface area contributed by atoms with Gasteiger partial charge < -0.3 is 4.57 Å². The molecule has 10 heteroatoms. The Labute approximate surface area is 191 Å². The molecule has 3 rings (SSSR count). The van der Waals surface area contributed by atoms with E-state index in [2.05, 4.69) is 14.9 Å². The molecule has 30 heavy (non-hydrogen) atoms. The molecular weight excluding hydrogens is 463 g/mol. The second-order valence-corrected chi connectivity index (χ2v) is 10.3. The van der Waals surface area contributed by atoms with Crippen LogP contribution in [0.2, 0.25) is 10.0 Å². The fourth-order valence-electron chi connectivity index (χ4n) is 2.90. The van der Waals surface area contributed by atoms with Crippen LogP contribution in [-0.4, -0.2) is 28.9 Å². The summed E-state index contributed by atoms with van der Waals surface area (Å²) in [5, 5.41) is 10.5. The molecule has 1 heterocycles. The highest BCUT2D eigenvalue weighted by atomic mass is 35.5. The maximum absolute atomic E-state index is 12.7. The molecule has 0 unspecified atom stereocenters. The number of aromatic nitrogens is 3. The maximum Gasteiger partial charge on any atom is 0.241 e. The topological polar surface area (TPSA) is 76.9 Å². The van der Waals surface area contributed by atoms with Gasteiger partial charge in [0.15, 0.2) is 11.0 Å². The van der Waals surface area contributed by atoms with Gasteiger partial charge in [-0.2, -0.15) is 0 Å². The van der Waals surface area contributed by atoms with Crippen molar-refractivity contribution < 1.29 is 8.42 Å². The van der Waals surface area contributed by atoms with Crippen molar-refractivity contribution in [2.24, 2.45) is 0 Å². The van der Waals surface area contributed by atoms with Gasteiger partial charge in [-0.05, 0) is 62.2 Å². The highest BCUT2D eigenvalue weighted by molar-refractivity contribution is 7.99. The molecule has 0 aliphatic heterocycles. The number of thioether (sulfide) groups is 1. The number of aryl methyl sites for hydroxylation is 1. The van der Waals surface area contributed by atoms with E-state index in [1.807, 2.05) is 35.8 Å². The van der Waals surface area contributed by atoms with Gasteiger partial charge in [0.25, 0.3) is 0 Å². The zero-order chi connectivity index (χ0) is 21.7. The van der Waals surface area contributed by atoms with Gasteiger partial charge >= 0.3 is 0 Å². The Morgan fingerprint density at radius 1 is 1.03 bits per heavy atom. The SMILES string of the molecule is CCn1c(SCCc2ccc(Cl)cc2)nnc1[C@@H](C)NS(=O)(=O)c1ccc(Cl)cc1. The van der Waals surface area contributed by atoms with Crippen LogP contribution in [0.4, 0.5) is 0 Å². The summed E-state index contributed by atoms with van der Waals surface area (Å²) in [7, 11) is -3.70. The fourth-order valence-corrected chi connectivity index (χ4v) is 5.35. The lowest BCUT2D eigenvalue weighted by Gasteiger charge is -2.15. The van der Waals surface area contributed by atoms with Gasteiger partial charge in [0.2, 0.25) is 10.0 Å². The second-order valence-electron chi connectivity index (χ2n) is 6.61. The third-order valence-corrected chi connectivity index (χ3v) is 7.47. The molecule has 0 saturated carbocycles. The molecule has 1 atom stereocenters. The summed E-state index contributed by atoms with van der Waals surface area (Å²) in [6.45, 7) is 4.38. The third kappa shape index (κ3) is 5.76. The highest BCUT2D eigenvalue weighted by Gasteiger charge is 2.23. The lowest BCUT2D eigenvalue weighted by Crippen LogP contribution is -2.29. The maximum atomic E-state index is 12.7. The molecular formula is C20H22Cl2N4O2S2. The van der Waals surface area contributed by atoms with Crippen LogP contribution in [0.25, 0.3) is 0 Å². The standard InChI is InChI=1S/C20H22Cl2N4O2S2/c1-3-26-19(14(2)25-30(27,28)18-10-8-17(22)9-11-18)23-24-20(26)29-13-12-15-4-6-16(21)7-5-15/h4-11,14,25H,3,12-13H2,1-2H3/t14-/m1/s1. The minimum absolute atomic E-state index is 0.152. The summed E-state index contributed by atoms with van der Waals surface area (Å²) in [5.74, 6) is 1.40. The zero-order valence-electron chi connectivity index (χ0n) is 16.5. The number of nitrogens with zero attached hydrogens (tertiary/aromatic N) is 3. The summed E-state index contributed by atoms with van der Waals surface area (Å²) in [6, 6.07) is 13.3. The molecule has 6 nitrogen and oxygen atoms in total. The first-order valence-corrected chi connectivity index (χ1v) is 12.6. The van der Waals surface area contributed by atoms with Crippen LogP contribution in [-0.2, 0) is 23.0 Å². The number of hydrogen-bond acceptors (Lipinski definition) is 5. The lowest BCUT2D eigenvalue weighted by atomic mass is 10.2. The second kappa shape index (κ2) is 10.2. The van der Waals surface area contributed by atoms with Crippen molar-refractivity contribution in [3.63, 3.8) is 0 Å². The number of halogens is 2. The Bertz CT molecular complexity index is 1080. The van der Waals surface area contributed by atoms with E-state index in [-0.39, 0.29) is 4.90 Å². The third-order valence-electron chi connectivity index (χ3n) is 4.44. The van der Waals surface area contributed by atoms with Crippen molar-refractivity contribution in [1.82, 2.24) is 19.5 Å². The molecule has 0 amide bonds. The summed E-state index contributed by atoms with van der Waals surface area (Å²) in [4.78, 5) is 0.152. The van der Waals surface area contributed by atoms with Gasteiger partial charge in [-0.1, -0.05) is 47.1 Å². The average molecular weight is 485 g/mol. The largest absolute Gasteiger partial charge is 0.305 e. The summed E-state index contributed by atoms with van der Waals surface area (Å²) >= 11 is 13.4. The van der Waals surface area contributed by atoms with Gasteiger partial charge in [0.05, 0.1) is 10.9 Å². The van der Waals surface area contributed by atoms with E-state index in [0.29, 0.717) is 17.4 Å². The van der Waals surface area contributed by atoms with Crippen molar-refractivity contribution >= 4 is 45.0 Å². The van der Waals surface area contributed by atoms with Crippen molar-refractivity contribution in [3.05, 3.63) is 70.0 Å². The van der Waals surface area contributed by atoms with Gasteiger partial charge in [-0.25, -0.2) is 13.1 Å². The van der Waals surface area contributed by atoms with E-state index in [1.54, 1.807) is 30.8 Å². The Hall–Kier alpha value is -1.58. The monoisotopic (exact) mass is 484 g/mol. The van der Waals surface area contributed by atoms with Crippen LogP contribution in [0, 0.1) is 0 Å². The summed E-state index contributed by atoms with van der Waals surface area (Å²) < 4.78 is 29.9. The van der Waals surface area contributed by atoms with E-state index in [1.165, 1.54) is 17.7 Å². The van der Waals surface area contributed by atoms with Crippen molar-refractivity contribution in [2.45, 2.75) is 42.9 Å². The van der Waals surface area contributed by atoms with Crippen LogP contribution in [0.1, 0.15) is 31.3 Å². The van der Waals surface area contributed by atoms with Crippen LogP contribution >= 0.6 is 35.0 Å². The molecule has 0 aliphatic carbocycles. The van der Waals surface area contributed by atoms with E-state index in [4.69, 9.17) is 23.2 Å². The normalized spacial score (nSPS) is 12.8. The van der Waals surface area contributed by atoms with Crippen LogP contribution in [0.5, 0.6) is 0 Å². The van der Waals surface area contributed by atoms with Crippen LogP contribution < -0.4 is 4.72 Å². The van der Waals surface area contributed by atoms with Crippen molar-refractivity contribution in [3.8, 4) is 0 Å². The summed E-state index contributed by atoms with van der Waals surface area (Å²) in [5.41, 5.74) is 1.19. The Morgan fingerprint density at radius 3 is 2.23 bits per heavy atom. The van der Waals surface area contributed by atoms with Crippen molar-refractivity contribution in [1.29, 1.82) is 0 Å². The van der Waals surface area contributed by atoms with E-state index < -0.39 is 16.1 Å². The molecule has 1 aromatic heterocycles. The molecule has 0 aliphatic rings. The first-order chi connectivity index (χ1) is 14.3. The molecule has 0 fully saturated rings. The highest BCUT2D eigenvalue weighted by Crippen LogP contribution is 2.23. The van der Waals surface area contributed by atoms with Gasteiger partial charge in [-0.15, -0.1) is 10.2 Å². The van der Waals surface area contributed by atoms with E-state index in [0.717, 1.165) is 22.4 Å². The number of sulfonamides is 1. The number of nitrogens with one attached hydrogen (secondary N) is 1. The first kappa shape index (κ1) is 23.1. The molecule has 1 N–H and O–H groups in total.